The summed E-state index contributed by atoms with van der Waals surface area (Å²) in [5, 5.41) is 0. The zero-order valence-electron chi connectivity index (χ0n) is 6.33. The van der Waals surface area contributed by atoms with Gasteiger partial charge in [-0.05, 0) is 13.5 Å². The summed E-state index contributed by atoms with van der Waals surface area (Å²) in [6.07, 6.45) is 2.63. The van der Waals surface area contributed by atoms with Gasteiger partial charge in [0.05, 0.1) is 0 Å². The monoisotopic (exact) mass is 172 g/mol. The minimum atomic E-state index is -2.85. The highest BCUT2D eigenvalue weighted by Crippen LogP contribution is 2.05. The van der Waals surface area contributed by atoms with Gasteiger partial charge in [-0.25, -0.2) is 9.59 Å². The molecule has 0 fully saturated rings. The average Bonchev–Trinajstić information content (AvgIpc) is 1.88. The molecule has 0 saturated carbocycles. The fourth-order valence-corrected chi connectivity index (χ4v) is 1.60. The van der Waals surface area contributed by atoms with E-state index in [9.17, 15) is 9.59 Å². The number of carbonyl (C=O) groups excluding carboxylic acids is 2. The molecule has 0 saturated heterocycles. The third kappa shape index (κ3) is 3.60. The van der Waals surface area contributed by atoms with Crippen molar-refractivity contribution < 1.29 is 14.0 Å². The van der Waals surface area contributed by atoms with Gasteiger partial charge in [0.15, 0.2) is 0 Å². The largest absolute Gasteiger partial charge is 0.474 e. The van der Waals surface area contributed by atoms with Crippen molar-refractivity contribution in [3.63, 3.8) is 0 Å². The Morgan fingerprint density at radius 1 is 1.36 bits per heavy atom. The molecule has 0 radical (unpaired) electrons. The lowest BCUT2D eigenvalue weighted by Gasteiger charge is -2.10. The van der Waals surface area contributed by atoms with Gasteiger partial charge in [-0.15, -0.1) is 0 Å². The average molecular weight is 172 g/mol. The maximum absolute atomic E-state index is 9.84. The summed E-state index contributed by atoms with van der Waals surface area (Å²) >= 11 is 0. The Labute approximate surface area is 65.1 Å². The van der Waals surface area contributed by atoms with E-state index in [1.54, 1.807) is 6.92 Å². The van der Waals surface area contributed by atoms with E-state index in [1.165, 1.54) is 18.7 Å². The molecule has 0 heterocycles. The second-order valence-electron chi connectivity index (χ2n) is 1.77. The van der Waals surface area contributed by atoms with Crippen molar-refractivity contribution in [2.45, 2.75) is 13.5 Å². The van der Waals surface area contributed by atoms with Crippen LogP contribution in [0.5, 0.6) is 0 Å². The lowest BCUT2D eigenvalue weighted by molar-refractivity contribution is 0.327. The van der Waals surface area contributed by atoms with Gasteiger partial charge in [-0.2, -0.15) is 9.32 Å². The standard InChI is InChI=1S/C5H8N2O3Si/c1-3-10-11(2,6-4-8)7-5-9/h3H2,1-2H3. The molecule has 5 nitrogen and oxygen atoms in total. The summed E-state index contributed by atoms with van der Waals surface area (Å²) in [6.45, 7) is 3.59. The summed E-state index contributed by atoms with van der Waals surface area (Å²) in [6, 6.07) is 0. The van der Waals surface area contributed by atoms with E-state index in [-0.39, 0.29) is 0 Å². The second kappa shape index (κ2) is 4.71. The highest BCUT2D eigenvalue weighted by atomic mass is 28.4. The molecule has 0 N–H and O–H groups in total. The molecule has 0 rings (SSSR count). The molecule has 6 heteroatoms. The van der Waals surface area contributed by atoms with Crippen LogP contribution in [0.1, 0.15) is 6.92 Å². The number of hydrogen-bond acceptors (Lipinski definition) is 5. The Bertz CT molecular complexity index is 200. The van der Waals surface area contributed by atoms with E-state index in [2.05, 4.69) is 9.32 Å². The molecule has 0 bridgehead atoms. The van der Waals surface area contributed by atoms with Gasteiger partial charge in [0.25, 0.3) is 0 Å². The van der Waals surface area contributed by atoms with E-state index in [4.69, 9.17) is 4.43 Å². The molecule has 0 aliphatic rings. The summed E-state index contributed by atoms with van der Waals surface area (Å²) < 4.78 is 11.6. The molecule has 0 amide bonds. The van der Waals surface area contributed by atoms with Gasteiger partial charge >= 0.3 is 8.64 Å². The molecule has 0 aromatic heterocycles. The summed E-state index contributed by atoms with van der Waals surface area (Å²) in [5.74, 6) is 0. The van der Waals surface area contributed by atoms with E-state index in [0.29, 0.717) is 6.61 Å². The Balaban J connectivity index is 4.49. The molecule has 0 spiro atoms. The molecule has 0 aliphatic heterocycles. The Morgan fingerprint density at radius 3 is 2.09 bits per heavy atom. The molecule has 0 aromatic rings. The normalized spacial score (nSPS) is 14.0. The van der Waals surface area contributed by atoms with E-state index in [0.717, 1.165) is 0 Å². The minimum absolute atomic E-state index is 0.360. The molecule has 0 atom stereocenters. The Kier molecular flexibility index (Phi) is 4.25. The van der Waals surface area contributed by atoms with Crippen molar-refractivity contribution in [1.82, 2.24) is 0 Å². The van der Waals surface area contributed by atoms with Gasteiger partial charge in [-0.3, -0.25) is 0 Å². The Hall–Kier alpha value is -1.06. The van der Waals surface area contributed by atoms with E-state index in [1.807, 2.05) is 0 Å². The SMILES string of the molecule is CCO[Si](C)(N=C=O)N=C=O. The first-order valence-electron chi connectivity index (χ1n) is 3.00. The lowest BCUT2D eigenvalue weighted by atomic mass is 10.9. The maximum atomic E-state index is 9.84. The van der Waals surface area contributed by atoms with Crippen LogP contribution in [0.2, 0.25) is 6.55 Å². The lowest BCUT2D eigenvalue weighted by Crippen LogP contribution is -2.30. The first-order chi connectivity index (χ1) is 5.18. The van der Waals surface area contributed by atoms with Gasteiger partial charge in [-0.1, -0.05) is 0 Å². The minimum Gasteiger partial charge on any atom is -0.381 e. The first kappa shape index (κ1) is 9.94. The number of hydrogen-bond donors (Lipinski definition) is 0. The number of isocyanates is 2. The smallest absolute Gasteiger partial charge is 0.381 e. The number of rotatable bonds is 4. The fourth-order valence-electron chi connectivity index (χ4n) is 0.532. The zero-order chi connectivity index (χ0) is 8.74. The summed E-state index contributed by atoms with van der Waals surface area (Å²) in [5.41, 5.74) is 0. The van der Waals surface area contributed by atoms with Gasteiger partial charge in [0.2, 0.25) is 12.2 Å². The summed E-state index contributed by atoms with van der Waals surface area (Å²) in [7, 11) is -2.85. The van der Waals surface area contributed by atoms with Crippen LogP contribution in [0.15, 0.2) is 9.32 Å². The van der Waals surface area contributed by atoms with Crippen molar-refractivity contribution in [2.24, 2.45) is 9.32 Å². The Morgan fingerprint density at radius 2 is 1.82 bits per heavy atom. The molecule has 0 aliphatic carbocycles. The molecule has 60 valence electrons. The molecule has 0 unspecified atom stereocenters. The van der Waals surface area contributed by atoms with Crippen molar-refractivity contribution in [1.29, 1.82) is 0 Å². The number of nitrogens with zero attached hydrogens (tertiary/aromatic N) is 2. The van der Waals surface area contributed by atoms with Crippen LogP contribution in [-0.4, -0.2) is 27.4 Å². The van der Waals surface area contributed by atoms with Crippen molar-refractivity contribution in [3.8, 4) is 0 Å². The predicted octanol–water partition coefficient (Wildman–Crippen LogP) is 0.263. The highest BCUT2D eigenvalue weighted by Gasteiger charge is 2.29. The van der Waals surface area contributed by atoms with Crippen LogP contribution in [0.4, 0.5) is 0 Å². The first-order valence-corrected chi connectivity index (χ1v) is 5.31. The molecule has 11 heavy (non-hydrogen) atoms. The summed E-state index contributed by atoms with van der Waals surface area (Å²) in [4.78, 5) is 19.7. The topological polar surface area (TPSA) is 68.1 Å². The quantitative estimate of drug-likeness (QED) is 0.347. The van der Waals surface area contributed by atoms with Crippen LogP contribution in [0, 0.1) is 0 Å². The predicted molar refractivity (Wildman–Crippen MR) is 39.5 cm³/mol. The zero-order valence-corrected chi connectivity index (χ0v) is 7.33. The van der Waals surface area contributed by atoms with Gasteiger partial charge in [0.1, 0.15) is 0 Å². The molecular weight excluding hydrogens is 164 g/mol. The third-order valence-corrected chi connectivity index (χ3v) is 2.77. The van der Waals surface area contributed by atoms with E-state index < -0.39 is 8.64 Å². The van der Waals surface area contributed by atoms with Gasteiger partial charge < -0.3 is 4.43 Å². The van der Waals surface area contributed by atoms with Crippen molar-refractivity contribution in [2.75, 3.05) is 6.61 Å². The van der Waals surface area contributed by atoms with Gasteiger partial charge in [0, 0.05) is 6.61 Å². The van der Waals surface area contributed by atoms with E-state index >= 15 is 0 Å². The van der Waals surface area contributed by atoms with Crippen LogP contribution >= 0.6 is 0 Å². The second-order valence-corrected chi connectivity index (χ2v) is 4.38. The van der Waals surface area contributed by atoms with Crippen LogP contribution < -0.4 is 0 Å². The molecular formula is C5H8N2O3Si. The highest BCUT2D eigenvalue weighted by molar-refractivity contribution is 6.70. The van der Waals surface area contributed by atoms with Crippen molar-refractivity contribution >= 4 is 20.8 Å². The third-order valence-electron chi connectivity index (χ3n) is 0.924. The van der Waals surface area contributed by atoms with Crippen LogP contribution in [0.25, 0.3) is 0 Å². The van der Waals surface area contributed by atoms with Crippen LogP contribution in [-0.2, 0) is 14.0 Å². The van der Waals surface area contributed by atoms with Crippen LogP contribution in [0.3, 0.4) is 0 Å². The molecule has 0 aromatic carbocycles. The fraction of sp³-hybridized carbons (Fsp3) is 0.600. The van der Waals surface area contributed by atoms with Crippen molar-refractivity contribution in [3.05, 3.63) is 0 Å². The maximum Gasteiger partial charge on any atom is 0.474 e.